The molecule has 0 saturated carbocycles. The van der Waals surface area contributed by atoms with Crippen LogP contribution in [0.25, 0.3) is 0 Å². The van der Waals surface area contributed by atoms with Crippen LogP contribution in [-0.2, 0) is 0 Å². The second-order valence-corrected chi connectivity index (χ2v) is 6.51. The first kappa shape index (κ1) is 15.8. The predicted molar refractivity (Wildman–Crippen MR) is 88.3 cm³/mol. The van der Waals surface area contributed by atoms with E-state index in [-0.39, 0.29) is 0 Å². The molecule has 0 spiro atoms. The minimum atomic E-state index is 0.376. The normalized spacial score (nSPS) is 19.0. The standard InChI is InChI=1S/C17H28N4/c1-13(2)16(15-5-4-8-19-11-15)12-20-17(18)21-9-6-14(3)7-10-21/h4-5,8,11,13-14,16H,6-7,9-10,12H2,1-3H3,(H2,18,20). The molecule has 116 valence electrons. The van der Waals surface area contributed by atoms with E-state index >= 15 is 0 Å². The molecular weight excluding hydrogens is 260 g/mol. The Morgan fingerprint density at radius 3 is 2.71 bits per heavy atom. The molecular formula is C17H28N4. The summed E-state index contributed by atoms with van der Waals surface area (Å²) in [5.41, 5.74) is 7.43. The third-order valence-corrected chi connectivity index (χ3v) is 4.47. The van der Waals surface area contributed by atoms with Gasteiger partial charge in [0.2, 0.25) is 0 Å². The molecule has 1 aromatic rings. The maximum absolute atomic E-state index is 6.18. The van der Waals surface area contributed by atoms with Crippen molar-refractivity contribution in [3.8, 4) is 0 Å². The lowest BCUT2D eigenvalue weighted by molar-refractivity contribution is 0.277. The van der Waals surface area contributed by atoms with Crippen molar-refractivity contribution in [2.24, 2.45) is 22.6 Å². The molecule has 0 bridgehead atoms. The fourth-order valence-corrected chi connectivity index (χ4v) is 2.83. The number of nitrogens with zero attached hydrogens (tertiary/aromatic N) is 3. The van der Waals surface area contributed by atoms with Gasteiger partial charge >= 0.3 is 0 Å². The van der Waals surface area contributed by atoms with E-state index < -0.39 is 0 Å². The molecule has 0 aromatic carbocycles. The first-order valence-corrected chi connectivity index (χ1v) is 8.02. The topological polar surface area (TPSA) is 54.5 Å². The average Bonchev–Trinajstić information content (AvgIpc) is 2.48. The average molecular weight is 288 g/mol. The summed E-state index contributed by atoms with van der Waals surface area (Å²) >= 11 is 0. The van der Waals surface area contributed by atoms with Gasteiger partial charge in [0.25, 0.3) is 0 Å². The van der Waals surface area contributed by atoms with Crippen LogP contribution in [0.3, 0.4) is 0 Å². The lowest BCUT2D eigenvalue weighted by Crippen LogP contribution is -2.42. The summed E-state index contributed by atoms with van der Waals surface area (Å²) in [4.78, 5) is 11.1. The summed E-state index contributed by atoms with van der Waals surface area (Å²) in [5.74, 6) is 2.41. The maximum Gasteiger partial charge on any atom is 0.191 e. The highest BCUT2D eigenvalue weighted by atomic mass is 15.3. The van der Waals surface area contributed by atoms with Gasteiger partial charge in [-0.1, -0.05) is 26.8 Å². The van der Waals surface area contributed by atoms with Crippen LogP contribution in [0.15, 0.2) is 29.5 Å². The molecule has 1 saturated heterocycles. The number of piperidine rings is 1. The van der Waals surface area contributed by atoms with Crippen molar-refractivity contribution in [2.75, 3.05) is 19.6 Å². The third-order valence-electron chi connectivity index (χ3n) is 4.47. The van der Waals surface area contributed by atoms with Crippen molar-refractivity contribution in [3.05, 3.63) is 30.1 Å². The van der Waals surface area contributed by atoms with Gasteiger partial charge in [-0.3, -0.25) is 9.98 Å². The van der Waals surface area contributed by atoms with Crippen LogP contribution < -0.4 is 5.73 Å². The number of hydrogen-bond acceptors (Lipinski definition) is 2. The molecule has 1 aromatic heterocycles. The predicted octanol–water partition coefficient (Wildman–Crippen LogP) is 2.87. The first-order chi connectivity index (χ1) is 10.1. The van der Waals surface area contributed by atoms with Crippen molar-refractivity contribution in [1.82, 2.24) is 9.88 Å². The Morgan fingerprint density at radius 1 is 1.43 bits per heavy atom. The van der Waals surface area contributed by atoms with Crippen molar-refractivity contribution in [2.45, 2.75) is 39.5 Å². The first-order valence-electron chi connectivity index (χ1n) is 8.02. The van der Waals surface area contributed by atoms with Gasteiger partial charge in [0, 0.05) is 37.9 Å². The monoisotopic (exact) mass is 288 g/mol. The van der Waals surface area contributed by atoms with Crippen LogP contribution in [0.2, 0.25) is 0 Å². The minimum Gasteiger partial charge on any atom is -0.370 e. The largest absolute Gasteiger partial charge is 0.370 e. The van der Waals surface area contributed by atoms with Gasteiger partial charge in [-0.15, -0.1) is 0 Å². The summed E-state index contributed by atoms with van der Waals surface area (Å²) in [7, 11) is 0. The molecule has 1 aliphatic rings. The molecule has 4 heteroatoms. The van der Waals surface area contributed by atoms with Crippen LogP contribution in [0.5, 0.6) is 0 Å². The quantitative estimate of drug-likeness (QED) is 0.684. The Labute approximate surface area is 128 Å². The third kappa shape index (κ3) is 4.45. The minimum absolute atomic E-state index is 0.376. The molecule has 1 atom stereocenters. The Hall–Kier alpha value is -1.58. The summed E-state index contributed by atoms with van der Waals surface area (Å²) in [5, 5.41) is 0. The smallest absolute Gasteiger partial charge is 0.191 e. The van der Waals surface area contributed by atoms with E-state index in [2.05, 4.69) is 41.7 Å². The van der Waals surface area contributed by atoms with Crippen molar-refractivity contribution in [1.29, 1.82) is 0 Å². The number of aromatic nitrogens is 1. The molecule has 4 nitrogen and oxygen atoms in total. The fraction of sp³-hybridized carbons (Fsp3) is 0.647. The van der Waals surface area contributed by atoms with Crippen LogP contribution >= 0.6 is 0 Å². The van der Waals surface area contributed by atoms with Crippen LogP contribution in [-0.4, -0.2) is 35.5 Å². The van der Waals surface area contributed by atoms with Gasteiger partial charge in [0.15, 0.2) is 5.96 Å². The van der Waals surface area contributed by atoms with Gasteiger partial charge in [-0.25, -0.2) is 0 Å². The van der Waals surface area contributed by atoms with Gasteiger partial charge < -0.3 is 10.6 Å². The number of hydrogen-bond donors (Lipinski definition) is 1. The summed E-state index contributed by atoms with van der Waals surface area (Å²) in [6.07, 6.45) is 6.19. The molecule has 1 unspecified atom stereocenters. The molecule has 1 aliphatic heterocycles. The molecule has 2 N–H and O–H groups in total. The van der Waals surface area contributed by atoms with Crippen molar-refractivity contribution < 1.29 is 0 Å². The number of aliphatic imine (C=N–C) groups is 1. The van der Waals surface area contributed by atoms with E-state index in [1.54, 1.807) is 0 Å². The number of likely N-dealkylation sites (tertiary alicyclic amines) is 1. The number of guanidine groups is 1. The molecule has 0 radical (unpaired) electrons. The van der Waals surface area contributed by atoms with E-state index in [0.717, 1.165) is 25.6 Å². The Kier molecular flexibility index (Phi) is 5.59. The van der Waals surface area contributed by atoms with E-state index in [0.29, 0.717) is 17.8 Å². The second-order valence-electron chi connectivity index (χ2n) is 6.51. The zero-order chi connectivity index (χ0) is 15.2. The van der Waals surface area contributed by atoms with Gasteiger partial charge in [-0.2, -0.15) is 0 Å². The van der Waals surface area contributed by atoms with Gasteiger partial charge in [0.1, 0.15) is 0 Å². The Bertz CT molecular complexity index is 447. The molecule has 0 aliphatic carbocycles. The SMILES string of the molecule is CC1CCN(C(N)=NCC(c2cccnc2)C(C)C)CC1. The summed E-state index contributed by atoms with van der Waals surface area (Å²) in [6, 6.07) is 4.12. The van der Waals surface area contributed by atoms with E-state index in [1.165, 1.54) is 18.4 Å². The maximum atomic E-state index is 6.18. The zero-order valence-electron chi connectivity index (χ0n) is 13.5. The Morgan fingerprint density at radius 2 is 2.14 bits per heavy atom. The number of pyridine rings is 1. The zero-order valence-corrected chi connectivity index (χ0v) is 13.5. The lowest BCUT2D eigenvalue weighted by Gasteiger charge is -2.31. The van der Waals surface area contributed by atoms with Crippen LogP contribution in [0.4, 0.5) is 0 Å². The lowest BCUT2D eigenvalue weighted by atomic mass is 9.89. The van der Waals surface area contributed by atoms with E-state index in [1.807, 2.05) is 18.5 Å². The summed E-state index contributed by atoms with van der Waals surface area (Å²) in [6.45, 7) is 9.58. The molecule has 2 heterocycles. The molecule has 2 rings (SSSR count). The fourth-order valence-electron chi connectivity index (χ4n) is 2.83. The van der Waals surface area contributed by atoms with E-state index in [9.17, 15) is 0 Å². The van der Waals surface area contributed by atoms with Crippen LogP contribution in [0.1, 0.15) is 45.1 Å². The highest BCUT2D eigenvalue weighted by molar-refractivity contribution is 5.78. The number of rotatable bonds is 4. The molecule has 0 amide bonds. The van der Waals surface area contributed by atoms with E-state index in [4.69, 9.17) is 5.73 Å². The second kappa shape index (κ2) is 7.43. The highest BCUT2D eigenvalue weighted by Crippen LogP contribution is 2.24. The number of nitrogens with two attached hydrogens (primary N) is 1. The van der Waals surface area contributed by atoms with Crippen LogP contribution in [0, 0.1) is 11.8 Å². The highest BCUT2D eigenvalue weighted by Gasteiger charge is 2.19. The van der Waals surface area contributed by atoms with Gasteiger partial charge in [-0.05, 0) is 36.3 Å². The van der Waals surface area contributed by atoms with Gasteiger partial charge in [0.05, 0.1) is 0 Å². The van der Waals surface area contributed by atoms with Crippen molar-refractivity contribution in [3.63, 3.8) is 0 Å². The molecule has 1 fully saturated rings. The Balaban J connectivity index is 1.99. The van der Waals surface area contributed by atoms with Crippen molar-refractivity contribution >= 4 is 5.96 Å². The molecule has 21 heavy (non-hydrogen) atoms. The summed E-state index contributed by atoms with van der Waals surface area (Å²) < 4.78 is 0.